The molecule has 1 aromatic heterocycles. The lowest BCUT2D eigenvalue weighted by Crippen LogP contribution is -2.20. The summed E-state index contributed by atoms with van der Waals surface area (Å²) in [6.07, 6.45) is 0. The van der Waals surface area contributed by atoms with E-state index in [1.165, 1.54) is 13.0 Å². The van der Waals surface area contributed by atoms with Gasteiger partial charge in [-0.3, -0.25) is 9.59 Å². The first-order valence-corrected chi connectivity index (χ1v) is 7.66. The molecule has 0 aliphatic carbocycles. The van der Waals surface area contributed by atoms with E-state index in [9.17, 15) is 14.4 Å². The van der Waals surface area contributed by atoms with E-state index in [4.69, 9.17) is 4.42 Å². The molecular weight excluding hydrogens is 320 g/mol. The first kappa shape index (κ1) is 16.4. The topological polar surface area (TPSA) is 88.4 Å². The number of hydrogen-bond donors (Lipinski definition) is 2. The third-order valence-corrected chi connectivity index (χ3v) is 3.66. The zero-order valence-electron chi connectivity index (χ0n) is 13.8. The zero-order chi connectivity index (χ0) is 18.0. The Morgan fingerprint density at radius 1 is 0.960 bits per heavy atom. The third-order valence-electron chi connectivity index (χ3n) is 3.66. The van der Waals surface area contributed by atoms with E-state index in [0.29, 0.717) is 22.3 Å². The van der Waals surface area contributed by atoms with Crippen molar-refractivity contribution in [2.45, 2.75) is 13.8 Å². The Morgan fingerprint density at radius 2 is 1.60 bits per heavy atom. The van der Waals surface area contributed by atoms with E-state index in [2.05, 4.69) is 10.6 Å². The molecule has 3 aromatic rings. The summed E-state index contributed by atoms with van der Waals surface area (Å²) in [7, 11) is 0. The Balaban J connectivity index is 1.86. The molecule has 126 valence electrons. The molecular formula is C19H16N2O4. The van der Waals surface area contributed by atoms with Gasteiger partial charge in [0, 0.05) is 23.7 Å². The van der Waals surface area contributed by atoms with Crippen LogP contribution in [0.15, 0.2) is 57.7 Å². The fraction of sp³-hybridized carbons (Fsp3) is 0.105. The SMILES string of the molecule is CC(=O)Nc1ccc(NC(=O)c2cc3cccc(C)c3oc2=O)cc1. The molecule has 2 aromatic carbocycles. The monoisotopic (exact) mass is 336 g/mol. The van der Waals surface area contributed by atoms with Crippen molar-refractivity contribution >= 4 is 34.2 Å². The lowest BCUT2D eigenvalue weighted by molar-refractivity contribution is -0.114. The summed E-state index contributed by atoms with van der Waals surface area (Å²) in [6, 6.07) is 13.6. The number of anilines is 2. The summed E-state index contributed by atoms with van der Waals surface area (Å²) < 4.78 is 5.28. The fourth-order valence-electron chi connectivity index (χ4n) is 2.49. The molecule has 0 bridgehead atoms. The minimum absolute atomic E-state index is 0.0657. The number of benzene rings is 2. The normalized spacial score (nSPS) is 10.5. The fourth-order valence-corrected chi connectivity index (χ4v) is 2.49. The van der Waals surface area contributed by atoms with Gasteiger partial charge in [-0.15, -0.1) is 0 Å². The number of nitrogens with one attached hydrogen (secondary N) is 2. The number of amides is 2. The molecule has 0 radical (unpaired) electrons. The quantitative estimate of drug-likeness (QED) is 0.718. The van der Waals surface area contributed by atoms with Crippen LogP contribution in [0.1, 0.15) is 22.8 Å². The Bertz CT molecular complexity index is 1020. The molecule has 1 heterocycles. The second-order valence-electron chi connectivity index (χ2n) is 5.65. The molecule has 3 rings (SSSR count). The average Bonchev–Trinajstić information content (AvgIpc) is 2.56. The van der Waals surface area contributed by atoms with Crippen molar-refractivity contribution in [3.05, 3.63) is 70.1 Å². The largest absolute Gasteiger partial charge is 0.422 e. The Morgan fingerprint density at radius 3 is 2.24 bits per heavy atom. The second-order valence-corrected chi connectivity index (χ2v) is 5.65. The molecule has 2 N–H and O–H groups in total. The van der Waals surface area contributed by atoms with Crippen molar-refractivity contribution < 1.29 is 14.0 Å². The van der Waals surface area contributed by atoms with E-state index >= 15 is 0 Å². The summed E-state index contributed by atoms with van der Waals surface area (Å²) in [5, 5.41) is 5.97. The summed E-state index contributed by atoms with van der Waals surface area (Å²) in [6.45, 7) is 3.25. The second kappa shape index (κ2) is 6.60. The van der Waals surface area contributed by atoms with E-state index in [1.807, 2.05) is 19.1 Å². The molecule has 0 spiro atoms. The highest BCUT2D eigenvalue weighted by Gasteiger charge is 2.14. The van der Waals surface area contributed by atoms with Gasteiger partial charge in [-0.2, -0.15) is 0 Å². The van der Waals surface area contributed by atoms with E-state index in [-0.39, 0.29) is 11.5 Å². The van der Waals surface area contributed by atoms with Gasteiger partial charge in [-0.25, -0.2) is 4.79 Å². The van der Waals surface area contributed by atoms with Crippen molar-refractivity contribution in [2.75, 3.05) is 10.6 Å². The molecule has 0 saturated heterocycles. The first-order chi connectivity index (χ1) is 11.9. The summed E-state index contributed by atoms with van der Waals surface area (Å²) in [5.74, 6) is -0.731. The van der Waals surface area contributed by atoms with Gasteiger partial charge < -0.3 is 15.1 Å². The van der Waals surface area contributed by atoms with Gasteiger partial charge in [0.05, 0.1) is 0 Å². The van der Waals surface area contributed by atoms with Crippen molar-refractivity contribution in [1.82, 2.24) is 0 Å². The van der Waals surface area contributed by atoms with Crippen molar-refractivity contribution in [3.8, 4) is 0 Å². The summed E-state index contributed by atoms with van der Waals surface area (Å²) in [4.78, 5) is 35.5. The molecule has 2 amide bonds. The zero-order valence-corrected chi connectivity index (χ0v) is 13.8. The average molecular weight is 336 g/mol. The van der Waals surface area contributed by atoms with Crippen LogP contribution in [0, 0.1) is 6.92 Å². The third kappa shape index (κ3) is 3.58. The molecule has 0 fully saturated rings. The molecule has 0 aliphatic rings. The lowest BCUT2D eigenvalue weighted by atomic mass is 10.1. The number of carbonyl (C=O) groups is 2. The maximum absolute atomic E-state index is 12.4. The predicted octanol–water partition coefficient (Wildman–Crippen LogP) is 3.31. The molecule has 0 atom stereocenters. The highest BCUT2D eigenvalue weighted by Crippen LogP contribution is 2.18. The van der Waals surface area contributed by atoms with Crippen LogP contribution in [0.3, 0.4) is 0 Å². The molecule has 6 heteroatoms. The van der Waals surface area contributed by atoms with Gasteiger partial charge in [-0.1, -0.05) is 18.2 Å². The standard InChI is InChI=1S/C19H16N2O4/c1-11-4-3-5-13-10-16(19(24)25-17(11)13)18(23)21-15-8-6-14(7-9-15)20-12(2)22/h3-10H,1-2H3,(H,20,22)(H,21,23). The maximum Gasteiger partial charge on any atom is 0.349 e. The first-order valence-electron chi connectivity index (χ1n) is 7.66. The summed E-state index contributed by atoms with van der Waals surface area (Å²) in [5.41, 5.74) is 1.67. The van der Waals surface area contributed by atoms with Crippen molar-refractivity contribution in [2.24, 2.45) is 0 Å². The Labute approximate surface area is 143 Å². The molecule has 0 saturated carbocycles. The number of fused-ring (bicyclic) bond motifs is 1. The maximum atomic E-state index is 12.4. The minimum atomic E-state index is -0.686. The number of para-hydroxylation sites is 1. The van der Waals surface area contributed by atoms with E-state index in [1.54, 1.807) is 30.3 Å². The van der Waals surface area contributed by atoms with Crippen LogP contribution in [0.2, 0.25) is 0 Å². The van der Waals surface area contributed by atoms with Crippen LogP contribution in [0.25, 0.3) is 11.0 Å². The molecule has 6 nitrogen and oxygen atoms in total. The van der Waals surface area contributed by atoms with Gasteiger partial charge in [0.2, 0.25) is 5.91 Å². The van der Waals surface area contributed by atoms with Gasteiger partial charge in [0.1, 0.15) is 11.1 Å². The van der Waals surface area contributed by atoms with Crippen LogP contribution < -0.4 is 16.3 Å². The van der Waals surface area contributed by atoms with Crippen LogP contribution in [-0.4, -0.2) is 11.8 Å². The number of hydrogen-bond acceptors (Lipinski definition) is 4. The van der Waals surface area contributed by atoms with Crippen LogP contribution in [-0.2, 0) is 4.79 Å². The van der Waals surface area contributed by atoms with Crippen molar-refractivity contribution in [3.63, 3.8) is 0 Å². The number of carbonyl (C=O) groups excluding carboxylic acids is 2. The van der Waals surface area contributed by atoms with Crippen molar-refractivity contribution in [1.29, 1.82) is 0 Å². The van der Waals surface area contributed by atoms with E-state index < -0.39 is 11.5 Å². The van der Waals surface area contributed by atoms with E-state index in [0.717, 1.165) is 5.56 Å². The van der Waals surface area contributed by atoms with Crippen LogP contribution in [0.4, 0.5) is 11.4 Å². The highest BCUT2D eigenvalue weighted by molar-refractivity contribution is 6.05. The van der Waals surface area contributed by atoms with Crippen LogP contribution >= 0.6 is 0 Å². The molecule has 0 unspecified atom stereocenters. The smallest absolute Gasteiger partial charge is 0.349 e. The predicted molar refractivity (Wildman–Crippen MR) is 95.9 cm³/mol. The Kier molecular flexibility index (Phi) is 4.35. The number of rotatable bonds is 3. The highest BCUT2D eigenvalue weighted by atomic mass is 16.4. The van der Waals surface area contributed by atoms with Crippen LogP contribution in [0.5, 0.6) is 0 Å². The lowest BCUT2D eigenvalue weighted by Gasteiger charge is -2.07. The molecule has 25 heavy (non-hydrogen) atoms. The summed E-state index contributed by atoms with van der Waals surface area (Å²) >= 11 is 0. The van der Waals surface area contributed by atoms with Gasteiger partial charge in [0.15, 0.2) is 0 Å². The minimum Gasteiger partial charge on any atom is -0.422 e. The van der Waals surface area contributed by atoms with Gasteiger partial charge in [0.25, 0.3) is 5.91 Å². The van der Waals surface area contributed by atoms with Gasteiger partial charge >= 0.3 is 5.63 Å². The number of aryl methyl sites for hydroxylation is 1. The molecule has 0 aliphatic heterocycles. The Hall–Kier alpha value is -3.41. The van der Waals surface area contributed by atoms with Gasteiger partial charge in [-0.05, 0) is 42.8 Å².